The standard InChI is InChI=1S/C18H12ClF6NO2/c19-14-6-11(5-13(7-14)17(20,21)22)10-1-3-12(4-2-10)16(18(23,24)25)8-15(9-27)26-28-16/h1-7,27H,8-9H2. The van der Waals surface area contributed by atoms with Gasteiger partial charge in [0.05, 0.1) is 17.9 Å². The van der Waals surface area contributed by atoms with E-state index in [-0.39, 0.29) is 27.4 Å². The molecule has 150 valence electrons. The lowest BCUT2D eigenvalue weighted by molar-refractivity contribution is -0.275. The first-order chi connectivity index (χ1) is 13.0. The Bertz CT molecular complexity index is 908. The molecule has 1 aliphatic rings. The van der Waals surface area contributed by atoms with E-state index in [1.165, 1.54) is 18.2 Å². The van der Waals surface area contributed by atoms with Crippen molar-refractivity contribution in [3.8, 4) is 11.1 Å². The first kappa shape index (κ1) is 20.5. The monoisotopic (exact) mass is 423 g/mol. The van der Waals surface area contributed by atoms with Crippen molar-refractivity contribution in [1.82, 2.24) is 0 Å². The van der Waals surface area contributed by atoms with Crippen molar-refractivity contribution < 1.29 is 36.3 Å². The molecule has 0 aliphatic carbocycles. The molecule has 28 heavy (non-hydrogen) atoms. The van der Waals surface area contributed by atoms with Gasteiger partial charge >= 0.3 is 12.4 Å². The van der Waals surface area contributed by atoms with Crippen molar-refractivity contribution in [3.63, 3.8) is 0 Å². The van der Waals surface area contributed by atoms with Crippen LogP contribution in [-0.2, 0) is 16.6 Å². The number of rotatable bonds is 3. The average molecular weight is 424 g/mol. The van der Waals surface area contributed by atoms with E-state index in [0.29, 0.717) is 0 Å². The third-order valence-electron chi connectivity index (χ3n) is 4.33. The van der Waals surface area contributed by atoms with Crippen LogP contribution in [-0.4, -0.2) is 23.6 Å². The molecule has 1 N–H and O–H groups in total. The van der Waals surface area contributed by atoms with E-state index in [1.54, 1.807) is 0 Å². The molecule has 1 atom stereocenters. The van der Waals surface area contributed by atoms with Crippen molar-refractivity contribution in [3.05, 3.63) is 58.6 Å². The third kappa shape index (κ3) is 3.68. The van der Waals surface area contributed by atoms with Gasteiger partial charge in [-0.3, -0.25) is 0 Å². The maximum Gasteiger partial charge on any atom is 0.435 e. The Kier molecular flexibility index (Phi) is 5.09. The number of halogens is 7. The molecular formula is C18H12ClF6NO2. The maximum atomic E-state index is 13.6. The summed E-state index contributed by atoms with van der Waals surface area (Å²) in [6.45, 7) is -0.682. The lowest BCUT2D eigenvalue weighted by Crippen LogP contribution is -2.42. The summed E-state index contributed by atoms with van der Waals surface area (Å²) in [6, 6.07) is 7.60. The molecule has 0 fully saturated rings. The SMILES string of the molecule is OCC1=NOC(c2ccc(-c3cc(Cl)cc(C(F)(F)F)c3)cc2)(C(F)(F)F)C1. The maximum absolute atomic E-state index is 13.6. The Morgan fingerprint density at radius 2 is 1.64 bits per heavy atom. The second-order valence-corrected chi connectivity index (χ2v) is 6.65. The van der Waals surface area contributed by atoms with Gasteiger partial charge in [-0.05, 0) is 29.3 Å². The van der Waals surface area contributed by atoms with Crippen LogP contribution in [0.2, 0.25) is 5.02 Å². The van der Waals surface area contributed by atoms with Crippen LogP contribution in [0.25, 0.3) is 11.1 Å². The van der Waals surface area contributed by atoms with Crippen molar-refractivity contribution in [2.45, 2.75) is 24.4 Å². The second kappa shape index (κ2) is 6.97. The molecule has 3 rings (SSSR count). The van der Waals surface area contributed by atoms with Gasteiger partial charge in [-0.25, -0.2) is 0 Å². The molecule has 1 heterocycles. The van der Waals surface area contributed by atoms with Crippen LogP contribution in [0.3, 0.4) is 0 Å². The molecule has 0 amide bonds. The minimum Gasteiger partial charge on any atom is -0.390 e. The number of hydrogen-bond acceptors (Lipinski definition) is 3. The topological polar surface area (TPSA) is 41.8 Å². The predicted molar refractivity (Wildman–Crippen MR) is 89.8 cm³/mol. The van der Waals surface area contributed by atoms with Crippen LogP contribution in [0.1, 0.15) is 17.5 Å². The van der Waals surface area contributed by atoms with E-state index >= 15 is 0 Å². The zero-order valence-electron chi connectivity index (χ0n) is 13.9. The quantitative estimate of drug-likeness (QED) is 0.657. The van der Waals surface area contributed by atoms with Crippen LogP contribution in [0.4, 0.5) is 26.3 Å². The van der Waals surface area contributed by atoms with E-state index in [1.807, 2.05) is 0 Å². The molecule has 2 aromatic rings. The zero-order valence-corrected chi connectivity index (χ0v) is 14.7. The molecule has 3 nitrogen and oxygen atoms in total. The smallest absolute Gasteiger partial charge is 0.390 e. The van der Waals surface area contributed by atoms with Gasteiger partial charge in [-0.2, -0.15) is 26.3 Å². The highest BCUT2D eigenvalue weighted by molar-refractivity contribution is 6.31. The highest BCUT2D eigenvalue weighted by Gasteiger charge is 2.62. The summed E-state index contributed by atoms with van der Waals surface area (Å²) >= 11 is 5.75. The zero-order chi connectivity index (χ0) is 20.7. The van der Waals surface area contributed by atoms with Crippen LogP contribution in [0, 0.1) is 0 Å². The number of alkyl halides is 6. The summed E-state index contributed by atoms with van der Waals surface area (Å²) < 4.78 is 79.8. The summed E-state index contributed by atoms with van der Waals surface area (Å²) in [7, 11) is 0. The Labute approximate surface area is 160 Å². The molecule has 0 spiro atoms. The molecule has 2 aromatic carbocycles. The van der Waals surface area contributed by atoms with E-state index in [4.69, 9.17) is 16.7 Å². The lowest BCUT2D eigenvalue weighted by Gasteiger charge is -2.29. The summed E-state index contributed by atoms with van der Waals surface area (Å²) in [5, 5.41) is 12.2. The fourth-order valence-electron chi connectivity index (χ4n) is 2.90. The van der Waals surface area contributed by atoms with Crippen molar-refractivity contribution in [2.75, 3.05) is 6.61 Å². The molecule has 0 saturated heterocycles. The molecule has 10 heteroatoms. The number of aliphatic hydroxyl groups is 1. The number of hydrogen-bond donors (Lipinski definition) is 1. The first-order valence-corrected chi connectivity index (χ1v) is 8.24. The summed E-state index contributed by atoms with van der Waals surface area (Å²) in [4.78, 5) is 4.66. The average Bonchev–Trinajstić information content (AvgIpc) is 3.06. The van der Waals surface area contributed by atoms with E-state index in [0.717, 1.165) is 24.3 Å². The number of nitrogens with zero attached hydrogens (tertiary/aromatic N) is 1. The first-order valence-electron chi connectivity index (χ1n) is 7.86. The molecular weight excluding hydrogens is 412 g/mol. The van der Waals surface area contributed by atoms with E-state index in [9.17, 15) is 26.3 Å². The van der Waals surface area contributed by atoms with E-state index < -0.39 is 36.5 Å². The van der Waals surface area contributed by atoms with Gasteiger partial charge in [0, 0.05) is 17.0 Å². The molecule has 0 radical (unpaired) electrons. The summed E-state index contributed by atoms with van der Waals surface area (Å²) in [5.74, 6) is 0. The molecule has 0 bridgehead atoms. The Balaban J connectivity index is 1.99. The molecule has 1 aliphatic heterocycles. The van der Waals surface area contributed by atoms with Crippen LogP contribution in [0.5, 0.6) is 0 Å². The summed E-state index contributed by atoms with van der Waals surface area (Å²) in [5.41, 5.74) is -3.82. The van der Waals surface area contributed by atoms with Crippen molar-refractivity contribution in [2.24, 2.45) is 5.16 Å². The minimum atomic E-state index is -4.82. The van der Waals surface area contributed by atoms with Gasteiger partial charge in [-0.1, -0.05) is 41.0 Å². The highest BCUT2D eigenvalue weighted by atomic mass is 35.5. The Hall–Kier alpha value is -2.26. The number of benzene rings is 2. The van der Waals surface area contributed by atoms with Crippen LogP contribution < -0.4 is 0 Å². The normalized spacial score (nSPS) is 20.1. The fourth-order valence-corrected chi connectivity index (χ4v) is 3.14. The largest absolute Gasteiger partial charge is 0.435 e. The van der Waals surface area contributed by atoms with Gasteiger partial charge in [0.2, 0.25) is 0 Å². The van der Waals surface area contributed by atoms with Crippen molar-refractivity contribution in [1.29, 1.82) is 0 Å². The van der Waals surface area contributed by atoms with Crippen molar-refractivity contribution >= 4 is 17.3 Å². The fraction of sp³-hybridized carbons (Fsp3) is 0.278. The number of oxime groups is 1. The highest BCUT2D eigenvalue weighted by Crippen LogP contribution is 2.48. The predicted octanol–water partition coefficient (Wildman–Crippen LogP) is 5.55. The van der Waals surface area contributed by atoms with E-state index in [2.05, 4.69) is 9.99 Å². The van der Waals surface area contributed by atoms with Crippen LogP contribution in [0.15, 0.2) is 47.6 Å². The summed E-state index contributed by atoms with van der Waals surface area (Å²) in [6.07, 6.45) is -10.1. The van der Waals surface area contributed by atoms with Gasteiger partial charge in [-0.15, -0.1) is 0 Å². The third-order valence-corrected chi connectivity index (χ3v) is 4.55. The van der Waals surface area contributed by atoms with Gasteiger partial charge in [0.15, 0.2) is 0 Å². The Morgan fingerprint density at radius 3 is 2.14 bits per heavy atom. The molecule has 1 unspecified atom stereocenters. The molecule has 0 aromatic heterocycles. The minimum absolute atomic E-state index is 0.104. The Morgan fingerprint density at radius 1 is 1.00 bits per heavy atom. The number of aliphatic hydroxyl groups excluding tert-OH is 1. The van der Waals surface area contributed by atoms with Gasteiger partial charge in [0.25, 0.3) is 5.60 Å². The molecule has 0 saturated carbocycles. The van der Waals surface area contributed by atoms with Crippen LogP contribution >= 0.6 is 11.6 Å². The van der Waals surface area contributed by atoms with Gasteiger partial charge in [0.1, 0.15) is 0 Å². The second-order valence-electron chi connectivity index (χ2n) is 6.21. The lowest BCUT2D eigenvalue weighted by atomic mass is 9.87. The van der Waals surface area contributed by atoms with Gasteiger partial charge < -0.3 is 9.94 Å².